The molecule has 0 amide bonds. The Hall–Kier alpha value is -2.73. The van der Waals surface area contributed by atoms with Crippen molar-refractivity contribution in [2.24, 2.45) is 0 Å². The zero-order chi connectivity index (χ0) is 24.9. The predicted molar refractivity (Wildman–Crippen MR) is 149 cm³/mol. The molecule has 1 aliphatic rings. The van der Waals surface area contributed by atoms with Crippen molar-refractivity contribution in [1.82, 2.24) is 9.97 Å². The van der Waals surface area contributed by atoms with E-state index in [0.717, 1.165) is 21.7 Å². The van der Waals surface area contributed by atoms with Gasteiger partial charge >= 0.3 is 0 Å². The zero-order valence-electron chi connectivity index (χ0n) is 20.1. The van der Waals surface area contributed by atoms with Gasteiger partial charge in [-0.3, -0.25) is 0 Å². The lowest BCUT2D eigenvalue weighted by molar-refractivity contribution is 0.00708. The van der Waals surface area contributed by atoms with Crippen molar-refractivity contribution >= 4 is 45.0 Å². The number of aromatic amines is 1. The van der Waals surface area contributed by atoms with Crippen LogP contribution in [0.5, 0.6) is 11.5 Å². The molecule has 0 saturated carbocycles. The lowest BCUT2D eigenvalue weighted by Crippen LogP contribution is -2.13. The quantitative estimate of drug-likeness (QED) is 0.272. The maximum absolute atomic E-state index is 6.01. The number of nitrogens with zero attached hydrogens (tertiary/aromatic N) is 1. The Labute approximate surface area is 226 Å². The van der Waals surface area contributed by atoms with Crippen LogP contribution in [0.4, 0.5) is 0 Å². The molecular formula is C27H26N2O5S3. The van der Waals surface area contributed by atoms with Gasteiger partial charge in [0.1, 0.15) is 19.0 Å². The van der Waals surface area contributed by atoms with Gasteiger partial charge in [0.05, 0.1) is 55.6 Å². The van der Waals surface area contributed by atoms with Crippen molar-refractivity contribution in [3.05, 3.63) is 53.9 Å². The number of hydrogen-bond donors (Lipinski definition) is 1. The highest BCUT2D eigenvalue weighted by Gasteiger charge is 2.15. The predicted octanol–water partition coefficient (Wildman–Crippen LogP) is 6.57. The molecule has 5 heterocycles. The maximum atomic E-state index is 6.01. The summed E-state index contributed by atoms with van der Waals surface area (Å²) in [6.45, 7) is 3.91. The van der Waals surface area contributed by atoms with Crippen LogP contribution in [-0.4, -0.2) is 62.8 Å². The zero-order valence-corrected chi connectivity index (χ0v) is 22.5. The van der Waals surface area contributed by atoms with Gasteiger partial charge in [-0.15, -0.1) is 34.0 Å². The molecule has 0 bridgehead atoms. The minimum absolute atomic E-state index is 0.415. The SMILES string of the molecule is c1csc(-c2ccc(-c3ccc(-c4nc5cc6c(cc5[nH]4)OCCOCCOCCOCCO6)s3)s2)c1. The number of ether oxygens (including phenoxy) is 5. The molecule has 1 N–H and O–H groups in total. The maximum Gasteiger partial charge on any atom is 0.163 e. The second-order valence-corrected chi connectivity index (χ2v) is 11.4. The van der Waals surface area contributed by atoms with E-state index in [1.807, 2.05) is 23.5 Å². The molecule has 1 aliphatic heterocycles. The first-order chi connectivity index (χ1) is 18.3. The lowest BCUT2D eigenvalue weighted by atomic mass is 10.2. The second-order valence-electron chi connectivity index (χ2n) is 8.24. The molecule has 0 atom stereocenters. The molecule has 0 saturated heterocycles. The van der Waals surface area contributed by atoms with Crippen molar-refractivity contribution in [3.8, 4) is 41.7 Å². The summed E-state index contributed by atoms with van der Waals surface area (Å²) in [4.78, 5) is 14.5. The van der Waals surface area contributed by atoms with Crippen LogP contribution < -0.4 is 9.47 Å². The summed E-state index contributed by atoms with van der Waals surface area (Å²) in [7, 11) is 0. The molecule has 5 aromatic rings. The summed E-state index contributed by atoms with van der Waals surface area (Å²) in [5.74, 6) is 2.13. The van der Waals surface area contributed by atoms with E-state index in [2.05, 4.69) is 46.8 Å². The van der Waals surface area contributed by atoms with E-state index in [1.165, 1.54) is 19.5 Å². The van der Waals surface area contributed by atoms with Gasteiger partial charge in [0.2, 0.25) is 0 Å². The molecule has 7 nitrogen and oxygen atoms in total. The second kappa shape index (κ2) is 11.8. The number of thiophene rings is 3. The van der Waals surface area contributed by atoms with Gasteiger partial charge in [0, 0.05) is 31.6 Å². The van der Waals surface area contributed by atoms with Crippen LogP contribution in [0.15, 0.2) is 53.9 Å². The van der Waals surface area contributed by atoms with Crippen LogP contribution in [-0.2, 0) is 14.2 Å². The highest BCUT2D eigenvalue weighted by Crippen LogP contribution is 2.41. The Morgan fingerprint density at radius 3 is 1.84 bits per heavy atom. The number of aromatic nitrogens is 2. The van der Waals surface area contributed by atoms with Crippen LogP contribution >= 0.6 is 34.0 Å². The molecule has 4 aromatic heterocycles. The van der Waals surface area contributed by atoms with Gasteiger partial charge in [-0.1, -0.05) is 6.07 Å². The van der Waals surface area contributed by atoms with E-state index in [9.17, 15) is 0 Å². The number of rotatable bonds is 3. The third-order valence-electron chi connectivity index (χ3n) is 5.71. The molecule has 0 unspecified atom stereocenters. The summed E-state index contributed by atoms with van der Waals surface area (Å²) >= 11 is 5.32. The summed E-state index contributed by atoms with van der Waals surface area (Å²) in [5.41, 5.74) is 1.72. The Balaban J connectivity index is 1.23. The van der Waals surface area contributed by atoms with Gasteiger partial charge < -0.3 is 28.7 Å². The number of nitrogens with one attached hydrogen (secondary N) is 1. The van der Waals surface area contributed by atoms with Gasteiger partial charge in [-0.2, -0.15) is 0 Å². The van der Waals surface area contributed by atoms with E-state index >= 15 is 0 Å². The van der Waals surface area contributed by atoms with Gasteiger partial charge in [-0.25, -0.2) is 4.98 Å². The first-order valence-electron chi connectivity index (χ1n) is 12.1. The van der Waals surface area contributed by atoms with Crippen molar-refractivity contribution in [2.45, 2.75) is 0 Å². The average Bonchev–Trinajstić information content (AvgIpc) is 3.71. The van der Waals surface area contributed by atoms with Crippen LogP contribution in [0.3, 0.4) is 0 Å². The van der Waals surface area contributed by atoms with Crippen molar-refractivity contribution in [1.29, 1.82) is 0 Å². The number of fused-ring (bicyclic) bond motifs is 2. The van der Waals surface area contributed by atoms with Crippen molar-refractivity contribution < 1.29 is 23.7 Å². The fraction of sp³-hybridized carbons (Fsp3) is 0.296. The monoisotopic (exact) mass is 554 g/mol. The lowest BCUT2D eigenvalue weighted by Gasteiger charge is -2.13. The highest BCUT2D eigenvalue weighted by atomic mass is 32.1. The third kappa shape index (κ3) is 5.90. The number of benzene rings is 1. The van der Waals surface area contributed by atoms with Crippen LogP contribution in [0.1, 0.15) is 0 Å². The molecule has 10 heteroatoms. The summed E-state index contributed by atoms with van der Waals surface area (Å²) < 4.78 is 28.6. The molecule has 0 radical (unpaired) electrons. The molecule has 0 spiro atoms. The number of H-pyrrole nitrogens is 1. The fourth-order valence-corrected chi connectivity index (χ4v) is 6.82. The minimum Gasteiger partial charge on any atom is -0.487 e. The fourth-order valence-electron chi connectivity index (χ4n) is 3.94. The Morgan fingerprint density at radius 2 is 1.19 bits per heavy atom. The summed E-state index contributed by atoms with van der Waals surface area (Å²) in [6.07, 6.45) is 0. The topological polar surface area (TPSA) is 74.8 Å². The molecule has 37 heavy (non-hydrogen) atoms. The number of hydrogen-bond acceptors (Lipinski definition) is 9. The summed E-state index contributed by atoms with van der Waals surface area (Å²) in [6, 6.07) is 16.8. The first-order valence-corrected chi connectivity index (χ1v) is 14.6. The third-order valence-corrected chi connectivity index (χ3v) is 9.15. The molecule has 1 aromatic carbocycles. The Bertz CT molecular complexity index is 1390. The van der Waals surface area contributed by atoms with Crippen LogP contribution in [0.2, 0.25) is 0 Å². The average molecular weight is 555 g/mol. The Morgan fingerprint density at radius 1 is 0.622 bits per heavy atom. The Kier molecular flexibility index (Phi) is 7.82. The molecule has 0 aliphatic carbocycles. The standard InChI is InChI=1S/C27H26N2O5S3/c1-2-22(35-15-1)23-3-4-24(36-23)25-5-6-26(37-25)27-28-18-16-20-21(17-19(18)29-27)34-14-12-32-10-8-30-7-9-31-11-13-33-20/h1-6,15-17H,7-14H2,(H,28,29). The van der Waals surface area contributed by atoms with E-state index in [4.69, 9.17) is 28.7 Å². The normalized spacial score (nSPS) is 15.9. The van der Waals surface area contributed by atoms with Crippen LogP contribution in [0, 0.1) is 0 Å². The van der Waals surface area contributed by atoms with Crippen molar-refractivity contribution in [2.75, 3.05) is 52.9 Å². The first kappa shape index (κ1) is 24.6. The van der Waals surface area contributed by atoms with Gasteiger partial charge in [0.25, 0.3) is 0 Å². The molecular weight excluding hydrogens is 529 g/mol. The summed E-state index contributed by atoms with van der Waals surface area (Å²) in [5, 5.41) is 2.11. The van der Waals surface area contributed by atoms with E-state index in [1.54, 1.807) is 22.7 Å². The molecule has 192 valence electrons. The van der Waals surface area contributed by atoms with Crippen LogP contribution in [0.25, 0.3) is 41.2 Å². The highest BCUT2D eigenvalue weighted by molar-refractivity contribution is 7.27. The number of imidazole rings is 1. The van der Waals surface area contributed by atoms with Crippen molar-refractivity contribution in [3.63, 3.8) is 0 Å². The van der Waals surface area contributed by atoms with E-state index in [0.29, 0.717) is 64.4 Å². The minimum atomic E-state index is 0.415. The largest absolute Gasteiger partial charge is 0.487 e. The van der Waals surface area contributed by atoms with Gasteiger partial charge in [-0.05, 0) is 35.7 Å². The molecule has 6 rings (SSSR count). The molecule has 0 fully saturated rings. The van der Waals surface area contributed by atoms with E-state index in [-0.39, 0.29) is 0 Å². The smallest absolute Gasteiger partial charge is 0.163 e. The van der Waals surface area contributed by atoms with Gasteiger partial charge in [0.15, 0.2) is 11.5 Å². The van der Waals surface area contributed by atoms with E-state index < -0.39 is 0 Å².